The van der Waals surface area contributed by atoms with Crippen molar-refractivity contribution in [1.82, 2.24) is 15.2 Å². The lowest BCUT2D eigenvalue weighted by Crippen LogP contribution is -2.42. The number of amides is 2. The van der Waals surface area contributed by atoms with Gasteiger partial charge in [-0.1, -0.05) is 18.2 Å². The predicted molar refractivity (Wildman–Crippen MR) is 109 cm³/mol. The molecule has 0 bridgehead atoms. The van der Waals surface area contributed by atoms with E-state index in [0.717, 1.165) is 11.1 Å². The molecule has 29 heavy (non-hydrogen) atoms. The molecule has 2 amide bonds. The minimum absolute atomic E-state index is 0.0132. The normalized spacial score (nSPS) is 14.0. The van der Waals surface area contributed by atoms with Crippen molar-refractivity contribution < 1.29 is 19.1 Å². The monoisotopic (exact) mass is 395 g/mol. The molecule has 1 fully saturated rings. The topological polar surface area (TPSA) is 80.8 Å². The zero-order valence-corrected chi connectivity index (χ0v) is 16.3. The van der Waals surface area contributed by atoms with E-state index in [1.54, 1.807) is 23.4 Å². The highest BCUT2D eigenvalue weighted by atomic mass is 16.5. The van der Waals surface area contributed by atoms with E-state index >= 15 is 0 Å². The molecular formula is C22H25N3O4. The zero-order valence-electron chi connectivity index (χ0n) is 16.3. The molecule has 1 aromatic carbocycles. The molecule has 0 unspecified atom stereocenters. The van der Waals surface area contributed by atoms with Crippen LogP contribution in [0.3, 0.4) is 0 Å². The predicted octanol–water partition coefficient (Wildman–Crippen LogP) is 1.69. The van der Waals surface area contributed by atoms with Crippen LogP contribution in [0.5, 0.6) is 5.75 Å². The van der Waals surface area contributed by atoms with E-state index in [-0.39, 0.29) is 18.4 Å². The summed E-state index contributed by atoms with van der Waals surface area (Å²) in [5.41, 5.74) is 1.90. The number of aromatic nitrogens is 1. The van der Waals surface area contributed by atoms with Gasteiger partial charge in [0.25, 0.3) is 5.91 Å². The van der Waals surface area contributed by atoms with Gasteiger partial charge in [0.1, 0.15) is 5.75 Å². The molecule has 1 saturated heterocycles. The molecule has 1 aliphatic heterocycles. The number of pyridine rings is 1. The molecule has 2 heterocycles. The fraction of sp³-hybridized carbons (Fsp3) is 0.318. The summed E-state index contributed by atoms with van der Waals surface area (Å²) in [6, 6.07) is 11.3. The Labute approximate surface area is 170 Å². The molecule has 0 aliphatic carbocycles. The number of nitrogens with one attached hydrogen (secondary N) is 1. The Bertz CT molecular complexity index is 833. The van der Waals surface area contributed by atoms with Gasteiger partial charge in [-0.3, -0.25) is 14.6 Å². The Morgan fingerprint density at radius 1 is 1.21 bits per heavy atom. The van der Waals surface area contributed by atoms with Crippen LogP contribution in [0.1, 0.15) is 11.1 Å². The summed E-state index contributed by atoms with van der Waals surface area (Å²) in [4.78, 5) is 29.8. The standard InChI is InChI=1S/C22H25N3O4/c26-21(7-6-19-4-2-9-23-16-19)24-10-8-18-3-1-5-20(15-18)29-17-22(27)25-11-13-28-14-12-25/h1-7,9,15-16H,8,10-14,17H2,(H,24,26). The number of carbonyl (C=O) groups is 2. The Hall–Kier alpha value is -3.19. The first kappa shape index (κ1) is 20.5. The van der Waals surface area contributed by atoms with Gasteiger partial charge in [-0.15, -0.1) is 0 Å². The SMILES string of the molecule is O=C(C=Cc1cccnc1)NCCc1cccc(OCC(=O)N2CCOCC2)c1. The maximum absolute atomic E-state index is 12.2. The van der Waals surface area contributed by atoms with Crippen LogP contribution in [0.15, 0.2) is 54.9 Å². The van der Waals surface area contributed by atoms with Crippen LogP contribution >= 0.6 is 0 Å². The number of morpholine rings is 1. The lowest BCUT2D eigenvalue weighted by atomic mass is 10.1. The third-order valence-corrected chi connectivity index (χ3v) is 4.45. The molecule has 7 nitrogen and oxygen atoms in total. The molecule has 3 rings (SSSR count). The smallest absolute Gasteiger partial charge is 0.260 e. The van der Waals surface area contributed by atoms with Crippen LogP contribution in [0, 0.1) is 0 Å². The second-order valence-corrected chi connectivity index (χ2v) is 6.59. The minimum Gasteiger partial charge on any atom is -0.484 e. The number of benzene rings is 1. The van der Waals surface area contributed by atoms with Crippen molar-refractivity contribution in [2.75, 3.05) is 39.5 Å². The van der Waals surface area contributed by atoms with Crippen molar-refractivity contribution in [3.63, 3.8) is 0 Å². The maximum atomic E-state index is 12.2. The second-order valence-electron chi connectivity index (χ2n) is 6.59. The van der Waals surface area contributed by atoms with E-state index in [2.05, 4.69) is 10.3 Å². The van der Waals surface area contributed by atoms with E-state index in [0.29, 0.717) is 45.0 Å². The first-order valence-electron chi connectivity index (χ1n) is 9.64. The number of rotatable bonds is 8. The van der Waals surface area contributed by atoms with E-state index in [1.807, 2.05) is 36.4 Å². The fourth-order valence-electron chi connectivity index (χ4n) is 2.88. The molecule has 0 spiro atoms. The number of carbonyl (C=O) groups excluding carboxylic acids is 2. The van der Waals surface area contributed by atoms with Crippen LogP contribution in [0.4, 0.5) is 0 Å². The second kappa shape index (κ2) is 11.0. The maximum Gasteiger partial charge on any atom is 0.260 e. The molecule has 0 radical (unpaired) electrons. The first-order chi connectivity index (χ1) is 14.2. The van der Waals surface area contributed by atoms with Crippen LogP contribution in [0.2, 0.25) is 0 Å². The number of hydrogen-bond donors (Lipinski definition) is 1. The van der Waals surface area contributed by atoms with Gasteiger partial charge in [0.2, 0.25) is 5.91 Å². The molecule has 1 N–H and O–H groups in total. The van der Waals surface area contributed by atoms with Gasteiger partial charge in [-0.05, 0) is 41.8 Å². The third-order valence-electron chi connectivity index (χ3n) is 4.45. The molecule has 1 aliphatic rings. The van der Waals surface area contributed by atoms with Crippen LogP contribution in [-0.2, 0) is 20.7 Å². The van der Waals surface area contributed by atoms with Gasteiger partial charge in [0, 0.05) is 38.1 Å². The Balaban J connectivity index is 1.40. The highest BCUT2D eigenvalue weighted by Crippen LogP contribution is 2.14. The third kappa shape index (κ3) is 7.04. The van der Waals surface area contributed by atoms with Gasteiger partial charge < -0.3 is 19.7 Å². The van der Waals surface area contributed by atoms with Gasteiger partial charge in [-0.2, -0.15) is 0 Å². The first-order valence-corrected chi connectivity index (χ1v) is 9.64. The van der Waals surface area contributed by atoms with Crippen LogP contribution in [-0.4, -0.2) is 61.2 Å². The van der Waals surface area contributed by atoms with Crippen molar-refractivity contribution in [2.45, 2.75) is 6.42 Å². The summed E-state index contributed by atoms with van der Waals surface area (Å²) in [7, 11) is 0. The Morgan fingerprint density at radius 2 is 2.07 bits per heavy atom. The quantitative estimate of drug-likeness (QED) is 0.688. The molecule has 7 heteroatoms. The fourth-order valence-corrected chi connectivity index (χ4v) is 2.88. The van der Waals surface area contributed by atoms with Crippen molar-refractivity contribution >= 4 is 17.9 Å². The summed E-state index contributed by atoms with van der Waals surface area (Å²) in [5.74, 6) is 0.454. The lowest BCUT2D eigenvalue weighted by molar-refractivity contribution is -0.137. The van der Waals surface area contributed by atoms with Crippen molar-refractivity contribution in [2.24, 2.45) is 0 Å². The summed E-state index contributed by atoms with van der Waals surface area (Å²) < 4.78 is 10.9. The minimum atomic E-state index is -0.155. The molecule has 1 aromatic heterocycles. The largest absolute Gasteiger partial charge is 0.484 e. The van der Waals surface area contributed by atoms with Gasteiger partial charge in [0.05, 0.1) is 13.2 Å². The van der Waals surface area contributed by atoms with Crippen LogP contribution in [0.25, 0.3) is 6.08 Å². The summed E-state index contributed by atoms with van der Waals surface area (Å²) in [5, 5.41) is 2.85. The summed E-state index contributed by atoms with van der Waals surface area (Å²) in [6.07, 6.45) is 7.27. The molecular weight excluding hydrogens is 370 g/mol. The van der Waals surface area contributed by atoms with Crippen molar-refractivity contribution in [3.8, 4) is 5.75 Å². The molecule has 0 saturated carbocycles. The number of nitrogens with zero attached hydrogens (tertiary/aromatic N) is 2. The number of hydrogen-bond acceptors (Lipinski definition) is 5. The van der Waals surface area contributed by atoms with Gasteiger partial charge >= 0.3 is 0 Å². The molecule has 0 atom stereocenters. The summed E-state index contributed by atoms with van der Waals surface area (Å²) >= 11 is 0. The summed E-state index contributed by atoms with van der Waals surface area (Å²) in [6.45, 7) is 2.88. The van der Waals surface area contributed by atoms with Crippen molar-refractivity contribution in [3.05, 3.63) is 66.0 Å². The van der Waals surface area contributed by atoms with E-state index < -0.39 is 0 Å². The van der Waals surface area contributed by atoms with Gasteiger partial charge in [-0.25, -0.2) is 0 Å². The van der Waals surface area contributed by atoms with Crippen molar-refractivity contribution in [1.29, 1.82) is 0 Å². The van der Waals surface area contributed by atoms with Gasteiger partial charge in [0.15, 0.2) is 6.61 Å². The van der Waals surface area contributed by atoms with E-state index in [1.165, 1.54) is 6.08 Å². The Kier molecular flexibility index (Phi) is 7.77. The lowest BCUT2D eigenvalue weighted by Gasteiger charge is -2.26. The van der Waals surface area contributed by atoms with E-state index in [9.17, 15) is 9.59 Å². The average molecular weight is 395 g/mol. The molecule has 152 valence electrons. The average Bonchev–Trinajstić information content (AvgIpc) is 2.78. The Morgan fingerprint density at radius 3 is 2.86 bits per heavy atom. The van der Waals surface area contributed by atoms with E-state index in [4.69, 9.17) is 9.47 Å². The number of ether oxygens (including phenoxy) is 2. The van der Waals surface area contributed by atoms with Crippen LogP contribution < -0.4 is 10.1 Å². The zero-order chi connectivity index (χ0) is 20.3. The highest BCUT2D eigenvalue weighted by Gasteiger charge is 2.17. The molecule has 2 aromatic rings. The highest BCUT2D eigenvalue weighted by molar-refractivity contribution is 5.91.